The lowest BCUT2D eigenvalue weighted by atomic mass is 9.92. The average molecular weight is 373 g/mol. The summed E-state index contributed by atoms with van der Waals surface area (Å²) in [6.07, 6.45) is 2.08. The number of aryl methyl sites for hydroxylation is 1. The maximum absolute atomic E-state index is 12.8. The van der Waals surface area contributed by atoms with Crippen molar-refractivity contribution in [3.63, 3.8) is 0 Å². The number of carbonyl (C=O) groups is 2. The Bertz CT molecular complexity index is 725. The van der Waals surface area contributed by atoms with Crippen molar-refractivity contribution in [2.24, 2.45) is 5.92 Å². The Kier molecular flexibility index (Phi) is 5.06. The van der Waals surface area contributed by atoms with Gasteiger partial charge in [-0.05, 0) is 36.9 Å². The minimum atomic E-state index is -0.862. The van der Waals surface area contributed by atoms with Gasteiger partial charge in [0.15, 0.2) is 0 Å². The minimum Gasteiger partial charge on any atom is -0.480 e. The maximum atomic E-state index is 12.8. The van der Waals surface area contributed by atoms with Crippen LogP contribution in [0.3, 0.4) is 0 Å². The molecule has 2 aliphatic carbocycles. The number of nitrogens with zero attached hydrogens (tertiary/aromatic N) is 2. The molecule has 27 heavy (non-hydrogen) atoms. The van der Waals surface area contributed by atoms with Crippen molar-refractivity contribution < 1.29 is 19.4 Å². The van der Waals surface area contributed by atoms with Gasteiger partial charge >= 0.3 is 12.0 Å². The summed E-state index contributed by atoms with van der Waals surface area (Å²) in [4.78, 5) is 27.1. The first-order chi connectivity index (χ1) is 13.0. The summed E-state index contributed by atoms with van der Waals surface area (Å²) in [6, 6.07) is 8.77. The molecule has 1 heterocycles. The average Bonchev–Trinajstić information content (AvgIpc) is 3.34. The molecule has 4 atom stereocenters. The van der Waals surface area contributed by atoms with E-state index in [1.807, 2.05) is 0 Å². The first-order valence-corrected chi connectivity index (χ1v) is 9.68. The van der Waals surface area contributed by atoms with Crippen LogP contribution < -0.4 is 5.32 Å². The molecule has 0 aromatic heterocycles. The zero-order valence-corrected chi connectivity index (χ0v) is 15.6. The van der Waals surface area contributed by atoms with E-state index in [1.165, 1.54) is 11.1 Å². The molecular formula is C20H27N3O4. The molecule has 0 radical (unpaired) electrons. The fraction of sp³-hybridized carbons (Fsp3) is 0.600. The number of aliphatic carboxylic acids is 1. The predicted octanol–water partition coefficient (Wildman–Crippen LogP) is 1.14. The van der Waals surface area contributed by atoms with Gasteiger partial charge in [-0.3, -0.25) is 9.69 Å². The molecule has 1 aromatic carbocycles. The molecule has 1 aliphatic heterocycles. The molecule has 1 saturated heterocycles. The quantitative estimate of drug-likeness (QED) is 0.809. The van der Waals surface area contributed by atoms with Crippen molar-refractivity contribution in [3.05, 3.63) is 35.4 Å². The molecule has 4 rings (SSSR count). The Morgan fingerprint density at radius 1 is 1.37 bits per heavy atom. The largest absolute Gasteiger partial charge is 0.480 e. The molecule has 2 fully saturated rings. The smallest absolute Gasteiger partial charge is 0.317 e. The summed E-state index contributed by atoms with van der Waals surface area (Å²) in [5.74, 6) is 0.152. The fourth-order valence-corrected chi connectivity index (χ4v) is 4.65. The second kappa shape index (κ2) is 7.48. The van der Waals surface area contributed by atoms with Gasteiger partial charge in [-0.2, -0.15) is 0 Å². The lowest BCUT2D eigenvalue weighted by molar-refractivity contribution is -0.138. The van der Waals surface area contributed by atoms with E-state index in [2.05, 4.69) is 29.6 Å². The van der Waals surface area contributed by atoms with Crippen LogP contribution in [0.5, 0.6) is 0 Å². The van der Waals surface area contributed by atoms with Gasteiger partial charge in [-0.15, -0.1) is 0 Å². The van der Waals surface area contributed by atoms with Crippen molar-refractivity contribution in [2.75, 3.05) is 39.8 Å². The maximum Gasteiger partial charge on any atom is 0.317 e. The summed E-state index contributed by atoms with van der Waals surface area (Å²) >= 11 is 0. The number of amides is 2. The number of rotatable bonds is 5. The molecule has 0 bridgehead atoms. The van der Waals surface area contributed by atoms with E-state index >= 15 is 0 Å². The molecule has 0 spiro atoms. The molecule has 2 N–H and O–H groups in total. The highest BCUT2D eigenvalue weighted by atomic mass is 16.5. The molecule has 7 nitrogen and oxygen atoms in total. The van der Waals surface area contributed by atoms with Crippen LogP contribution in [0.25, 0.3) is 0 Å². The molecule has 3 aliphatic rings. The van der Waals surface area contributed by atoms with Gasteiger partial charge in [-0.1, -0.05) is 24.3 Å². The topological polar surface area (TPSA) is 82.1 Å². The molecule has 4 unspecified atom stereocenters. The minimum absolute atomic E-state index is 0.0268. The number of ether oxygens (including phenoxy) is 1. The summed E-state index contributed by atoms with van der Waals surface area (Å²) in [6.45, 7) is 2.02. The fourth-order valence-electron chi connectivity index (χ4n) is 4.65. The van der Waals surface area contributed by atoms with Crippen molar-refractivity contribution in [1.29, 1.82) is 0 Å². The lowest BCUT2D eigenvalue weighted by Gasteiger charge is -2.34. The van der Waals surface area contributed by atoms with Gasteiger partial charge in [0.25, 0.3) is 0 Å². The highest BCUT2D eigenvalue weighted by Gasteiger charge is 2.54. The Morgan fingerprint density at radius 3 is 3.00 bits per heavy atom. The number of carboxylic acids is 1. The Balaban J connectivity index is 1.31. The van der Waals surface area contributed by atoms with E-state index in [0.29, 0.717) is 38.1 Å². The van der Waals surface area contributed by atoms with Crippen LogP contribution in [0.1, 0.15) is 23.5 Å². The first-order valence-electron chi connectivity index (χ1n) is 9.68. The molecule has 2 amide bonds. The van der Waals surface area contributed by atoms with Crippen LogP contribution in [0.2, 0.25) is 0 Å². The highest BCUT2D eigenvalue weighted by Crippen LogP contribution is 2.54. The number of carboxylic acid groups (broad SMARTS) is 1. The van der Waals surface area contributed by atoms with Crippen molar-refractivity contribution >= 4 is 12.0 Å². The number of carbonyl (C=O) groups excluding carboxylic acids is 1. The van der Waals surface area contributed by atoms with Crippen LogP contribution in [-0.2, 0) is 16.0 Å². The number of hydrogen-bond acceptors (Lipinski definition) is 4. The SMILES string of the molecule is CN(CC(=O)O)CC1CN(C(=O)NC2C3CCc4ccccc4C32)CCO1. The van der Waals surface area contributed by atoms with Crippen LogP contribution in [-0.4, -0.2) is 78.9 Å². The van der Waals surface area contributed by atoms with Crippen LogP contribution >= 0.6 is 0 Å². The van der Waals surface area contributed by atoms with E-state index in [1.54, 1.807) is 16.8 Å². The number of hydrogen-bond donors (Lipinski definition) is 2. The van der Waals surface area contributed by atoms with E-state index in [4.69, 9.17) is 9.84 Å². The highest BCUT2D eigenvalue weighted by molar-refractivity contribution is 5.75. The molecule has 7 heteroatoms. The van der Waals surface area contributed by atoms with Crippen LogP contribution in [0.15, 0.2) is 24.3 Å². The van der Waals surface area contributed by atoms with Crippen LogP contribution in [0, 0.1) is 5.92 Å². The number of likely N-dealkylation sites (N-methyl/N-ethyl adjacent to an activating group) is 1. The standard InChI is InChI=1S/C20H27N3O4/c1-22(12-17(24)25)10-14-11-23(8-9-27-14)20(26)21-19-16-7-6-13-4-2-3-5-15(13)18(16)19/h2-5,14,16,18-19H,6-12H2,1H3,(H,21,26)(H,24,25). The van der Waals surface area contributed by atoms with Crippen molar-refractivity contribution in [2.45, 2.75) is 30.9 Å². The van der Waals surface area contributed by atoms with E-state index in [-0.39, 0.29) is 24.7 Å². The summed E-state index contributed by atoms with van der Waals surface area (Å²) < 4.78 is 5.72. The number of morpholine rings is 1. The zero-order chi connectivity index (χ0) is 19.0. The van der Waals surface area contributed by atoms with Crippen molar-refractivity contribution in [1.82, 2.24) is 15.1 Å². The second-order valence-corrected chi connectivity index (χ2v) is 7.93. The monoisotopic (exact) mass is 373 g/mol. The van der Waals surface area contributed by atoms with E-state index in [9.17, 15) is 9.59 Å². The summed E-state index contributed by atoms with van der Waals surface area (Å²) in [5, 5.41) is 12.1. The number of urea groups is 1. The molecule has 1 saturated carbocycles. The number of benzene rings is 1. The molecule has 146 valence electrons. The Hall–Kier alpha value is -2.12. The van der Waals surface area contributed by atoms with Gasteiger partial charge in [0.05, 0.1) is 19.3 Å². The zero-order valence-electron chi connectivity index (χ0n) is 15.6. The number of fused-ring (bicyclic) bond motifs is 3. The summed E-state index contributed by atoms with van der Waals surface area (Å²) in [7, 11) is 1.75. The number of nitrogens with one attached hydrogen (secondary N) is 1. The normalized spacial score (nSPS) is 29.0. The summed E-state index contributed by atoms with van der Waals surface area (Å²) in [5.41, 5.74) is 2.82. The Morgan fingerprint density at radius 2 is 2.19 bits per heavy atom. The third-order valence-electron chi connectivity index (χ3n) is 5.97. The van der Waals surface area contributed by atoms with Gasteiger partial charge < -0.3 is 20.1 Å². The predicted molar refractivity (Wildman–Crippen MR) is 99.8 cm³/mol. The molecule has 1 aromatic rings. The second-order valence-electron chi connectivity index (χ2n) is 7.93. The van der Waals surface area contributed by atoms with Gasteiger partial charge in [0.2, 0.25) is 0 Å². The van der Waals surface area contributed by atoms with E-state index in [0.717, 1.165) is 12.8 Å². The van der Waals surface area contributed by atoms with E-state index < -0.39 is 5.97 Å². The Labute approximate surface area is 159 Å². The van der Waals surface area contributed by atoms with Gasteiger partial charge in [-0.25, -0.2) is 4.79 Å². The third-order valence-corrected chi connectivity index (χ3v) is 5.97. The van der Waals surface area contributed by atoms with Gasteiger partial charge in [0.1, 0.15) is 0 Å². The first kappa shape index (κ1) is 18.3. The third kappa shape index (κ3) is 3.94. The lowest BCUT2D eigenvalue weighted by Crippen LogP contribution is -2.53. The van der Waals surface area contributed by atoms with Gasteiger partial charge in [0, 0.05) is 31.6 Å². The van der Waals surface area contributed by atoms with Crippen LogP contribution in [0.4, 0.5) is 4.79 Å². The van der Waals surface area contributed by atoms with Crippen molar-refractivity contribution in [3.8, 4) is 0 Å². The molecular weight excluding hydrogens is 346 g/mol.